The van der Waals surface area contributed by atoms with Crippen molar-refractivity contribution in [3.63, 3.8) is 0 Å². The van der Waals surface area contributed by atoms with E-state index >= 15 is 0 Å². The molecule has 7 aromatic carbocycles. The molecule has 1 N–H and O–H groups in total. The van der Waals surface area contributed by atoms with Gasteiger partial charge in [-0.3, -0.25) is 9.78 Å². The molecule has 2 aromatic heterocycles. The number of aromatic nitrogens is 2. The van der Waals surface area contributed by atoms with Crippen LogP contribution in [0, 0.1) is 0 Å². The molecule has 0 saturated carbocycles. The Morgan fingerprint density at radius 3 is 1.66 bits per heavy atom. The average molecular weight is 541 g/mol. The molecule has 192 valence electrons. The SMILES string of the molecule is c1ccc2c(c1)[nH]n2-c1ccc(-c2c3ccccc3c(-c3ccc4c(c3)sc3ccccc34)c3ccccc23)cc1. The third-order valence-corrected chi connectivity index (χ3v) is 9.52. The van der Waals surface area contributed by atoms with E-state index in [0.29, 0.717) is 0 Å². The fourth-order valence-corrected chi connectivity index (χ4v) is 7.65. The van der Waals surface area contributed by atoms with Crippen LogP contribution in [0.3, 0.4) is 0 Å². The van der Waals surface area contributed by atoms with Crippen LogP contribution in [-0.2, 0) is 0 Å². The van der Waals surface area contributed by atoms with Gasteiger partial charge >= 0.3 is 0 Å². The summed E-state index contributed by atoms with van der Waals surface area (Å²) in [6.45, 7) is 0. The summed E-state index contributed by atoms with van der Waals surface area (Å²) in [6, 6.07) is 50.8. The number of fused-ring (bicyclic) bond motifs is 6. The third-order valence-electron chi connectivity index (χ3n) is 8.39. The first-order chi connectivity index (χ1) is 20.3. The fraction of sp³-hybridized carbons (Fsp3) is 0. The number of para-hydroxylation sites is 2. The zero-order valence-corrected chi connectivity index (χ0v) is 23.0. The Balaban J connectivity index is 1.27. The van der Waals surface area contributed by atoms with Crippen LogP contribution in [0.25, 0.3) is 80.7 Å². The molecule has 0 spiro atoms. The smallest absolute Gasteiger partial charge is 0.0880 e. The highest BCUT2D eigenvalue weighted by molar-refractivity contribution is 7.25. The van der Waals surface area contributed by atoms with Crippen molar-refractivity contribution in [1.29, 1.82) is 0 Å². The summed E-state index contributed by atoms with van der Waals surface area (Å²) in [5.74, 6) is 0. The first kappa shape index (κ1) is 22.7. The van der Waals surface area contributed by atoms with E-state index in [1.165, 1.54) is 69.5 Å². The Kier molecular flexibility index (Phi) is 4.80. The number of nitrogens with one attached hydrogen (secondary N) is 1. The number of hydrogen-bond acceptors (Lipinski definition) is 1. The largest absolute Gasteiger partial charge is 0.292 e. The molecule has 0 aliphatic rings. The number of rotatable bonds is 3. The van der Waals surface area contributed by atoms with E-state index in [4.69, 9.17) is 0 Å². The molecule has 41 heavy (non-hydrogen) atoms. The van der Waals surface area contributed by atoms with E-state index < -0.39 is 0 Å². The molecule has 3 heteroatoms. The minimum Gasteiger partial charge on any atom is -0.292 e. The van der Waals surface area contributed by atoms with Crippen molar-refractivity contribution in [3.8, 4) is 27.9 Å². The number of H-pyrrole nitrogens is 1. The Morgan fingerprint density at radius 2 is 0.976 bits per heavy atom. The summed E-state index contributed by atoms with van der Waals surface area (Å²) >= 11 is 1.88. The minimum atomic E-state index is 1.13. The van der Waals surface area contributed by atoms with Crippen LogP contribution in [0.2, 0.25) is 0 Å². The van der Waals surface area contributed by atoms with Crippen molar-refractivity contribution in [2.24, 2.45) is 0 Å². The second kappa shape index (κ2) is 8.69. The van der Waals surface area contributed by atoms with Gasteiger partial charge in [0.05, 0.1) is 16.7 Å². The maximum absolute atomic E-state index is 3.44. The van der Waals surface area contributed by atoms with Crippen molar-refractivity contribution in [2.75, 3.05) is 0 Å². The zero-order chi connectivity index (χ0) is 26.9. The lowest BCUT2D eigenvalue weighted by molar-refractivity contribution is 0.870. The van der Waals surface area contributed by atoms with Crippen molar-refractivity contribution < 1.29 is 0 Å². The summed E-state index contributed by atoms with van der Waals surface area (Å²) < 4.78 is 4.81. The molecule has 0 saturated heterocycles. The molecule has 9 aromatic rings. The predicted octanol–water partition coefficient (Wildman–Crippen LogP) is 11.0. The molecule has 0 bridgehead atoms. The Morgan fingerprint density at radius 1 is 0.439 bits per heavy atom. The van der Waals surface area contributed by atoms with E-state index in [1.807, 2.05) is 11.3 Å². The van der Waals surface area contributed by atoms with Crippen LogP contribution in [0.5, 0.6) is 0 Å². The van der Waals surface area contributed by atoms with Gasteiger partial charge in [0.2, 0.25) is 0 Å². The van der Waals surface area contributed by atoms with E-state index in [2.05, 4.69) is 149 Å². The number of benzene rings is 7. The van der Waals surface area contributed by atoms with Crippen LogP contribution in [0.15, 0.2) is 140 Å². The fourth-order valence-electron chi connectivity index (χ4n) is 6.50. The Labute approximate surface area is 240 Å². The average Bonchev–Trinajstić information content (AvgIpc) is 3.39. The van der Waals surface area contributed by atoms with Crippen LogP contribution < -0.4 is 0 Å². The number of hydrogen-bond donors (Lipinski definition) is 1. The summed E-state index contributed by atoms with van der Waals surface area (Å²) in [5, 5.41) is 11.2. The number of thiophene rings is 1. The van der Waals surface area contributed by atoms with E-state index in [1.54, 1.807) is 0 Å². The highest BCUT2D eigenvalue weighted by Gasteiger charge is 2.17. The zero-order valence-electron chi connectivity index (χ0n) is 22.1. The molecule has 0 amide bonds. The summed E-state index contributed by atoms with van der Waals surface area (Å²) in [4.78, 5) is 0. The van der Waals surface area contributed by atoms with Crippen molar-refractivity contribution in [2.45, 2.75) is 0 Å². The van der Waals surface area contributed by atoms with Crippen molar-refractivity contribution >= 4 is 64.1 Å². The van der Waals surface area contributed by atoms with Gasteiger partial charge in [-0.05, 0) is 80.2 Å². The van der Waals surface area contributed by atoms with Gasteiger partial charge in [0.1, 0.15) is 0 Å². The van der Waals surface area contributed by atoms with Crippen LogP contribution in [0.1, 0.15) is 0 Å². The summed E-state index contributed by atoms with van der Waals surface area (Å²) in [6.07, 6.45) is 0. The van der Waals surface area contributed by atoms with Gasteiger partial charge in [-0.2, -0.15) is 0 Å². The molecular formula is C38H24N2S. The van der Waals surface area contributed by atoms with Crippen LogP contribution in [-0.4, -0.2) is 9.78 Å². The maximum Gasteiger partial charge on any atom is 0.0880 e. The first-order valence-electron chi connectivity index (χ1n) is 13.9. The van der Waals surface area contributed by atoms with Gasteiger partial charge in [0, 0.05) is 20.2 Å². The van der Waals surface area contributed by atoms with E-state index in [-0.39, 0.29) is 0 Å². The normalized spacial score (nSPS) is 11.9. The molecule has 0 fully saturated rings. The molecule has 2 heterocycles. The second-order valence-electron chi connectivity index (χ2n) is 10.7. The van der Waals surface area contributed by atoms with Crippen molar-refractivity contribution in [3.05, 3.63) is 140 Å². The van der Waals surface area contributed by atoms with Gasteiger partial charge in [0.25, 0.3) is 0 Å². The Bertz CT molecular complexity index is 2360. The highest BCUT2D eigenvalue weighted by Crippen LogP contribution is 2.45. The van der Waals surface area contributed by atoms with Crippen molar-refractivity contribution in [1.82, 2.24) is 9.78 Å². The lowest BCUT2D eigenvalue weighted by Crippen LogP contribution is -2.07. The van der Waals surface area contributed by atoms with Gasteiger partial charge in [-0.15, -0.1) is 11.3 Å². The van der Waals surface area contributed by atoms with Gasteiger partial charge in [0.15, 0.2) is 0 Å². The minimum absolute atomic E-state index is 1.13. The van der Waals surface area contributed by atoms with Gasteiger partial charge < -0.3 is 0 Å². The third kappa shape index (κ3) is 3.36. The molecule has 0 radical (unpaired) electrons. The molecule has 0 atom stereocenters. The predicted molar refractivity (Wildman–Crippen MR) is 176 cm³/mol. The topological polar surface area (TPSA) is 20.7 Å². The molecule has 0 aliphatic heterocycles. The molecule has 9 rings (SSSR count). The summed E-state index contributed by atoms with van der Waals surface area (Å²) in [5.41, 5.74) is 8.58. The highest BCUT2D eigenvalue weighted by atomic mass is 32.1. The first-order valence-corrected chi connectivity index (χ1v) is 14.8. The molecule has 0 aliphatic carbocycles. The van der Waals surface area contributed by atoms with Crippen LogP contribution in [0.4, 0.5) is 0 Å². The summed E-state index contributed by atoms with van der Waals surface area (Å²) in [7, 11) is 0. The van der Waals surface area contributed by atoms with E-state index in [0.717, 1.165) is 11.2 Å². The van der Waals surface area contributed by atoms with Gasteiger partial charge in [-0.1, -0.05) is 103 Å². The molecular weight excluding hydrogens is 516 g/mol. The molecule has 0 unspecified atom stereocenters. The van der Waals surface area contributed by atoms with E-state index in [9.17, 15) is 0 Å². The lowest BCUT2D eigenvalue weighted by atomic mass is 9.86. The van der Waals surface area contributed by atoms with Gasteiger partial charge in [-0.25, -0.2) is 0 Å². The molecule has 2 nitrogen and oxygen atoms in total. The maximum atomic E-state index is 3.44. The standard InChI is InChI=1S/C38H24N2S/c1-3-12-31-29(10-1)37(24-17-20-26(21-18-24)40-34-15-7-6-14-33(34)39-40)30-11-2-4-13-32(30)38(31)25-19-22-28-27-9-5-8-16-35(27)41-36(28)23-25/h1-23,39H. The number of aromatic amines is 1. The quantitative estimate of drug-likeness (QED) is 0.215. The van der Waals surface area contributed by atoms with Crippen LogP contribution >= 0.6 is 11.3 Å². The lowest BCUT2D eigenvalue weighted by Gasteiger charge is -2.19. The number of nitrogens with zero attached hydrogens (tertiary/aromatic N) is 1. The Hall–Kier alpha value is -5.12. The second-order valence-corrected chi connectivity index (χ2v) is 11.7. The monoisotopic (exact) mass is 540 g/mol.